The Kier molecular flexibility index (Phi) is 2.66. The van der Waals surface area contributed by atoms with Gasteiger partial charge in [-0.05, 0) is 5.56 Å². The van der Waals surface area contributed by atoms with Crippen molar-refractivity contribution in [1.29, 1.82) is 0 Å². The summed E-state index contributed by atoms with van der Waals surface area (Å²) in [6, 6.07) is 10.1. The number of aromatic amines is 1. The summed E-state index contributed by atoms with van der Waals surface area (Å²) in [4.78, 5) is 24.6. The number of nitrogens with one attached hydrogen (secondary N) is 1. The van der Waals surface area contributed by atoms with Gasteiger partial charge in [-0.3, -0.25) is 4.79 Å². The second kappa shape index (κ2) is 4.13. The van der Waals surface area contributed by atoms with Crippen molar-refractivity contribution in [3.05, 3.63) is 52.3 Å². The molecule has 2 aromatic rings. The van der Waals surface area contributed by atoms with Crippen LogP contribution in [0.5, 0.6) is 5.75 Å². The van der Waals surface area contributed by atoms with Crippen LogP contribution in [0.4, 0.5) is 0 Å². The van der Waals surface area contributed by atoms with Crippen molar-refractivity contribution < 1.29 is 15.0 Å². The molecule has 0 fully saturated rings. The first-order chi connectivity index (χ1) is 8.09. The fourth-order valence-corrected chi connectivity index (χ4v) is 1.53. The van der Waals surface area contributed by atoms with Crippen LogP contribution in [0.1, 0.15) is 10.4 Å². The Morgan fingerprint density at radius 3 is 2.35 bits per heavy atom. The number of hydrogen-bond donors (Lipinski definition) is 3. The average Bonchev–Trinajstić information content (AvgIpc) is 2.28. The third-order valence-electron chi connectivity index (χ3n) is 2.31. The lowest BCUT2D eigenvalue weighted by Gasteiger charge is -2.04. The fraction of sp³-hybridized carbons (Fsp3) is 0. The molecule has 0 saturated carbocycles. The first-order valence-electron chi connectivity index (χ1n) is 4.84. The van der Waals surface area contributed by atoms with E-state index < -0.39 is 22.8 Å². The molecule has 2 rings (SSSR count). The van der Waals surface area contributed by atoms with Gasteiger partial charge in [0.2, 0.25) is 0 Å². The Bertz CT molecular complexity index is 616. The highest BCUT2D eigenvalue weighted by atomic mass is 16.4. The Morgan fingerprint density at radius 2 is 1.82 bits per heavy atom. The molecule has 0 radical (unpaired) electrons. The number of H-pyrrole nitrogens is 1. The van der Waals surface area contributed by atoms with Gasteiger partial charge in [-0.15, -0.1) is 0 Å². The predicted octanol–water partition coefficient (Wildman–Crippen LogP) is 1.45. The molecule has 1 aromatic carbocycles. The van der Waals surface area contributed by atoms with Gasteiger partial charge >= 0.3 is 5.97 Å². The molecule has 1 heterocycles. The zero-order valence-electron chi connectivity index (χ0n) is 8.68. The molecule has 0 spiro atoms. The lowest BCUT2D eigenvalue weighted by atomic mass is 10.1. The lowest BCUT2D eigenvalue weighted by Crippen LogP contribution is -2.17. The molecule has 0 aliphatic carbocycles. The molecule has 1 aromatic heterocycles. The van der Waals surface area contributed by atoms with Gasteiger partial charge in [0, 0.05) is 6.07 Å². The van der Waals surface area contributed by atoms with Crippen LogP contribution in [0.2, 0.25) is 0 Å². The summed E-state index contributed by atoms with van der Waals surface area (Å²) in [7, 11) is 0. The number of pyridine rings is 1. The van der Waals surface area contributed by atoms with Crippen molar-refractivity contribution in [2.75, 3.05) is 0 Å². The Labute approximate surface area is 96.0 Å². The van der Waals surface area contributed by atoms with Crippen molar-refractivity contribution >= 4 is 5.97 Å². The number of benzene rings is 1. The Morgan fingerprint density at radius 1 is 1.18 bits per heavy atom. The van der Waals surface area contributed by atoms with Crippen LogP contribution >= 0.6 is 0 Å². The zero-order chi connectivity index (χ0) is 12.4. The van der Waals surface area contributed by atoms with Crippen molar-refractivity contribution in [2.24, 2.45) is 0 Å². The summed E-state index contributed by atoms with van der Waals surface area (Å²) in [5.41, 5.74) is -0.407. The molecule has 0 saturated heterocycles. The lowest BCUT2D eigenvalue weighted by molar-refractivity contribution is 0.0691. The van der Waals surface area contributed by atoms with Gasteiger partial charge in [-0.2, -0.15) is 0 Å². The molecule has 0 unspecified atom stereocenters. The molecule has 0 aliphatic rings. The number of aromatic carboxylic acids is 1. The van der Waals surface area contributed by atoms with E-state index in [2.05, 4.69) is 4.98 Å². The summed E-state index contributed by atoms with van der Waals surface area (Å²) in [5, 5.41) is 18.2. The second-order valence-corrected chi connectivity index (χ2v) is 3.44. The molecule has 0 amide bonds. The molecule has 3 N–H and O–H groups in total. The minimum atomic E-state index is -1.46. The van der Waals surface area contributed by atoms with Crippen molar-refractivity contribution in [2.45, 2.75) is 0 Å². The Hall–Kier alpha value is -2.56. The normalized spacial score (nSPS) is 10.1. The van der Waals surface area contributed by atoms with Crippen molar-refractivity contribution in [1.82, 2.24) is 4.98 Å². The highest BCUT2D eigenvalue weighted by molar-refractivity contribution is 5.90. The van der Waals surface area contributed by atoms with E-state index >= 15 is 0 Å². The van der Waals surface area contributed by atoms with Crippen LogP contribution in [0.25, 0.3) is 11.3 Å². The molecule has 0 bridgehead atoms. The highest BCUT2D eigenvalue weighted by Gasteiger charge is 2.16. The van der Waals surface area contributed by atoms with Gasteiger partial charge in [-0.25, -0.2) is 4.79 Å². The van der Waals surface area contributed by atoms with Crippen LogP contribution in [0.15, 0.2) is 41.2 Å². The highest BCUT2D eigenvalue weighted by Crippen LogP contribution is 2.21. The molecule has 5 nitrogen and oxygen atoms in total. The van der Waals surface area contributed by atoms with E-state index in [0.29, 0.717) is 11.3 Å². The van der Waals surface area contributed by atoms with Crippen LogP contribution in [0.3, 0.4) is 0 Å². The van der Waals surface area contributed by atoms with E-state index in [1.54, 1.807) is 24.3 Å². The average molecular weight is 231 g/mol. The summed E-state index contributed by atoms with van der Waals surface area (Å²) in [6.07, 6.45) is 0. The minimum absolute atomic E-state index is 0.373. The molecule has 0 atom stereocenters. The maximum absolute atomic E-state index is 11.5. The fourth-order valence-electron chi connectivity index (χ4n) is 1.53. The number of rotatable bonds is 2. The van der Waals surface area contributed by atoms with Gasteiger partial charge in [0.1, 0.15) is 5.75 Å². The smallest absolute Gasteiger partial charge is 0.345 e. The third-order valence-corrected chi connectivity index (χ3v) is 2.31. The van der Waals surface area contributed by atoms with Gasteiger partial charge in [0.05, 0.1) is 5.69 Å². The number of carbonyl (C=O) groups is 1. The number of hydrogen-bond acceptors (Lipinski definition) is 3. The third kappa shape index (κ3) is 2.03. The van der Waals surface area contributed by atoms with Gasteiger partial charge in [0.15, 0.2) is 5.56 Å². The molecular formula is C12H9NO4. The number of carboxylic acids is 1. The van der Waals surface area contributed by atoms with Crippen LogP contribution in [-0.2, 0) is 0 Å². The Balaban J connectivity index is 2.62. The zero-order valence-corrected chi connectivity index (χ0v) is 8.68. The van der Waals surface area contributed by atoms with E-state index in [1.807, 2.05) is 6.07 Å². The number of aromatic hydroxyl groups is 1. The summed E-state index contributed by atoms with van der Waals surface area (Å²) in [6.45, 7) is 0. The standard InChI is InChI=1S/C12H9NO4/c14-9-6-8(7-4-2-1-3-5-7)13-11(15)10(9)12(16)17/h1-6H,(H,16,17)(H2,13,14,15). The number of carboxylic acid groups (broad SMARTS) is 1. The van der Waals surface area contributed by atoms with E-state index in [4.69, 9.17) is 5.11 Å². The van der Waals surface area contributed by atoms with Crippen LogP contribution in [-0.4, -0.2) is 21.2 Å². The maximum Gasteiger partial charge on any atom is 0.345 e. The minimum Gasteiger partial charge on any atom is -0.507 e. The molecular weight excluding hydrogens is 222 g/mol. The van der Waals surface area contributed by atoms with E-state index in [9.17, 15) is 14.7 Å². The second-order valence-electron chi connectivity index (χ2n) is 3.44. The molecule has 17 heavy (non-hydrogen) atoms. The first-order valence-corrected chi connectivity index (χ1v) is 4.84. The number of aromatic nitrogens is 1. The molecule has 0 aliphatic heterocycles. The maximum atomic E-state index is 11.5. The SMILES string of the molecule is O=C(O)c1c(O)cc(-c2ccccc2)[nH]c1=O. The van der Waals surface area contributed by atoms with E-state index in [1.165, 1.54) is 6.07 Å². The quantitative estimate of drug-likeness (QED) is 0.729. The van der Waals surface area contributed by atoms with E-state index in [-0.39, 0.29) is 0 Å². The molecule has 86 valence electrons. The van der Waals surface area contributed by atoms with Crippen molar-refractivity contribution in [3.63, 3.8) is 0 Å². The predicted molar refractivity (Wildman–Crippen MR) is 61.1 cm³/mol. The summed E-state index contributed by atoms with van der Waals surface area (Å²) < 4.78 is 0. The van der Waals surface area contributed by atoms with Gasteiger partial charge < -0.3 is 15.2 Å². The largest absolute Gasteiger partial charge is 0.507 e. The van der Waals surface area contributed by atoms with E-state index in [0.717, 1.165) is 0 Å². The topological polar surface area (TPSA) is 90.4 Å². The molecule has 5 heteroatoms. The summed E-state index contributed by atoms with van der Waals surface area (Å²) >= 11 is 0. The first kappa shape index (κ1) is 10.9. The van der Waals surface area contributed by atoms with Crippen LogP contribution in [0, 0.1) is 0 Å². The van der Waals surface area contributed by atoms with Crippen LogP contribution < -0.4 is 5.56 Å². The monoisotopic (exact) mass is 231 g/mol. The van der Waals surface area contributed by atoms with Crippen molar-refractivity contribution in [3.8, 4) is 17.0 Å². The van der Waals surface area contributed by atoms with Gasteiger partial charge in [-0.1, -0.05) is 30.3 Å². The van der Waals surface area contributed by atoms with Gasteiger partial charge in [0.25, 0.3) is 5.56 Å². The summed E-state index contributed by atoms with van der Waals surface area (Å²) in [5.74, 6) is -2.00.